The molecule has 0 radical (unpaired) electrons. The van der Waals surface area contributed by atoms with E-state index in [0.717, 1.165) is 35.8 Å². The minimum atomic E-state index is -0.884. The number of urea groups is 1. The topological polar surface area (TPSA) is 55.8 Å². The summed E-state index contributed by atoms with van der Waals surface area (Å²) in [5.74, 6) is 2.16. The number of aliphatic hydroxyl groups is 1. The number of aryl methyl sites for hydroxylation is 1. The summed E-state index contributed by atoms with van der Waals surface area (Å²) in [5.41, 5.74) is 3.54. The van der Waals surface area contributed by atoms with E-state index in [4.69, 9.17) is 0 Å². The number of hydrogen-bond acceptors (Lipinski definition) is 4. The Labute approximate surface area is 188 Å². The van der Waals surface area contributed by atoms with Crippen LogP contribution in [0.5, 0.6) is 0 Å². The van der Waals surface area contributed by atoms with E-state index >= 15 is 0 Å². The molecule has 2 aromatic carbocycles. The zero-order chi connectivity index (χ0) is 22.4. The molecule has 0 bridgehead atoms. The lowest BCUT2D eigenvalue weighted by molar-refractivity contribution is 0.121. The van der Waals surface area contributed by atoms with Crippen LogP contribution >= 0.6 is 11.8 Å². The number of amides is 2. The van der Waals surface area contributed by atoms with Gasteiger partial charge in [-0.2, -0.15) is 11.8 Å². The number of anilines is 2. The third-order valence-electron chi connectivity index (χ3n) is 5.35. The van der Waals surface area contributed by atoms with Gasteiger partial charge in [0, 0.05) is 42.5 Å². The highest BCUT2D eigenvalue weighted by Gasteiger charge is 2.21. The summed E-state index contributed by atoms with van der Waals surface area (Å²) in [6.07, 6.45) is -0.884. The number of thioether (sulfide) groups is 1. The lowest BCUT2D eigenvalue weighted by Gasteiger charge is -2.30. The number of carbonyl (C=O) groups excluding carboxylic acids is 1. The average Bonchev–Trinajstić information content (AvgIpc) is 2.75. The van der Waals surface area contributed by atoms with E-state index in [9.17, 15) is 14.3 Å². The number of halogens is 1. The van der Waals surface area contributed by atoms with Crippen LogP contribution in [0.15, 0.2) is 42.5 Å². The van der Waals surface area contributed by atoms with Crippen LogP contribution in [0, 0.1) is 18.7 Å². The lowest BCUT2D eigenvalue weighted by Crippen LogP contribution is -2.40. The Kier molecular flexibility index (Phi) is 8.21. The highest BCUT2D eigenvalue weighted by atomic mass is 32.2. The molecule has 2 aromatic rings. The zero-order valence-corrected chi connectivity index (χ0v) is 19.3. The van der Waals surface area contributed by atoms with Gasteiger partial charge >= 0.3 is 6.03 Å². The molecule has 1 atom stereocenters. The lowest BCUT2D eigenvalue weighted by atomic mass is 10.1. The molecule has 7 heteroatoms. The van der Waals surface area contributed by atoms with Crippen LogP contribution in [0.3, 0.4) is 0 Å². The number of rotatable bonds is 7. The number of benzene rings is 2. The highest BCUT2D eigenvalue weighted by molar-refractivity contribution is 7.99. The molecule has 2 amide bonds. The van der Waals surface area contributed by atoms with Crippen molar-refractivity contribution in [2.24, 2.45) is 5.92 Å². The van der Waals surface area contributed by atoms with Crippen molar-refractivity contribution in [3.05, 3.63) is 59.4 Å². The quantitative estimate of drug-likeness (QED) is 0.636. The number of carbonyl (C=O) groups is 1. The van der Waals surface area contributed by atoms with Crippen molar-refractivity contribution in [2.45, 2.75) is 26.9 Å². The molecule has 0 unspecified atom stereocenters. The molecule has 0 spiro atoms. The van der Waals surface area contributed by atoms with Gasteiger partial charge in [0.1, 0.15) is 5.82 Å². The normalized spacial score (nSPS) is 15.1. The molecular weight excluding hydrogens is 413 g/mol. The fourth-order valence-electron chi connectivity index (χ4n) is 3.68. The van der Waals surface area contributed by atoms with Crippen molar-refractivity contribution in [1.29, 1.82) is 0 Å². The smallest absolute Gasteiger partial charge is 0.321 e. The summed E-state index contributed by atoms with van der Waals surface area (Å²) in [7, 11) is 0. The van der Waals surface area contributed by atoms with E-state index in [0.29, 0.717) is 12.1 Å². The number of nitrogens with zero attached hydrogens (tertiary/aromatic N) is 2. The van der Waals surface area contributed by atoms with E-state index in [2.05, 4.69) is 22.3 Å². The van der Waals surface area contributed by atoms with E-state index in [1.807, 2.05) is 38.6 Å². The molecule has 5 nitrogen and oxygen atoms in total. The molecule has 3 rings (SSSR count). The Balaban J connectivity index is 1.69. The summed E-state index contributed by atoms with van der Waals surface area (Å²) in [6.45, 7) is 8.78. The molecule has 0 saturated carbocycles. The molecule has 1 fully saturated rings. The van der Waals surface area contributed by atoms with Gasteiger partial charge < -0.3 is 20.2 Å². The minimum absolute atomic E-state index is 0.137. The highest BCUT2D eigenvalue weighted by Crippen LogP contribution is 2.25. The second-order valence-corrected chi connectivity index (χ2v) is 9.62. The van der Waals surface area contributed by atoms with Gasteiger partial charge in [-0.25, -0.2) is 9.18 Å². The van der Waals surface area contributed by atoms with Gasteiger partial charge in [-0.15, -0.1) is 0 Å². The number of hydrogen-bond donors (Lipinski definition) is 2. The molecule has 1 aliphatic heterocycles. The maximum atomic E-state index is 13.2. The first-order valence-electron chi connectivity index (χ1n) is 10.8. The second kappa shape index (κ2) is 10.9. The predicted molar refractivity (Wildman–Crippen MR) is 128 cm³/mol. The van der Waals surface area contributed by atoms with E-state index in [-0.39, 0.29) is 24.3 Å². The van der Waals surface area contributed by atoms with Crippen molar-refractivity contribution in [1.82, 2.24) is 4.90 Å². The SMILES string of the molecule is Cc1cc(N2CCSCC2)ccc1NC(=O)N(CC(C)C)C[C@H](O)c1ccc(F)cc1. The number of aliphatic hydroxyl groups excluding tert-OH is 1. The Hall–Kier alpha value is -2.25. The van der Waals surface area contributed by atoms with Gasteiger partial charge in [0.05, 0.1) is 12.6 Å². The van der Waals surface area contributed by atoms with Crippen LogP contribution in [0.2, 0.25) is 0 Å². The molecule has 0 aliphatic carbocycles. The van der Waals surface area contributed by atoms with Gasteiger partial charge in [0.25, 0.3) is 0 Å². The Morgan fingerprint density at radius 1 is 1.16 bits per heavy atom. The van der Waals surface area contributed by atoms with Gasteiger partial charge in [0.15, 0.2) is 0 Å². The van der Waals surface area contributed by atoms with Crippen molar-refractivity contribution < 1.29 is 14.3 Å². The maximum absolute atomic E-state index is 13.2. The molecule has 31 heavy (non-hydrogen) atoms. The fraction of sp³-hybridized carbons (Fsp3) is 0.458. The zero-order valence-electron chi connectivity index (χ0n) is 18.5. The van der Waals surface area contributed by atoms with E-state index < -0.39 is 6.10 Å². The Morgan fingerprint density at radius 3 is 2.45 bits per heavy atom. The van der Waals surface area contributed by atoms with Gasteiger partial charge in [-0.1, -0.05) is 26.0 Å². The molecule has 0 aromatic heterocycles. The summed E-state index contributed by atoms with van der Waals surface area (Å²) in [6, 6.07) is 11.6. The Morgan fingerprint density at radius 2 is 1.84 bits per heavy atom. The summed E-state index contributed by atoms with van der Waals surface area (Å²) in [4.78, 5) is 17.0. The monoisotopic (exact) mass is 445 g/mol. The molecule has 1 saturated heterocycles. The first-order valence-corrected chi connectivity index (χ1v) is 11.9. The molecule has 1 heterocycles. The third-order valence-corrected chi connectivity index (χ3v) is 6.29. The minimum Gasteiger partial charge on any atom is -0.387 e. The van der Waals surface area contributed by atoms with Crippen LogP contribution in [0.4, 0.5) is 20.6 Å². The van der Waals surface area contributed by atoms with Crippen LogP contribution in [-0.4, -0.2) is 53.7 Å². The first-order chi connectivity index (χ1) is 14.8. The van der Waals surface area contributed by atoms with E-state index in [1.54, 1.807) is 17.0 Å². The van der Waals surface area contributed by atoms with Crippen LogP contribution in [0.25, 0.3) is 0 Å². The molecule has 168 valence electrons. The largest absolute Gasteiger partial charge is 0.387 e. The predicted octanol–water partition coefficient (Wildman–Crippen LogP) is 4.91. The van der Waals surface area contributed by atoms with Gasteiger partial charge in [-0.05, 0) is 54.3 Å². The summed E-state index contributed by atoms with van der Waals surface area (Å²) >= 11 is 1.98. The van der Waals surface area contributed by atoms with Crippen molar-refractivity contribution in [3.63, 3.8) is 0 Å². The summed E-state index contributed by atoms with van der Waals surface area (Å²) < 4.78 is 13.2. The van der Waals surface area contributed by atoms with Gasteiger partial charge in [-0.3, -0.25) is 0 Å². The van der Waals surface area contributed by atoms with Crippen LogP contribution in [0.1, 0.15) is 31.1 Å². The number of nitrogens with one attached hydrogen (secondary N) is 1. The van der Waals surface area contributed by atoms with Crippen molar-refractivity contribution >= 4 is 29.2 Å². The van der Waals surface area contributed by atoms with Crippen LogP contribution < -0.4 is 10.2 Å². The van der Waals surface area contributed by atoms with E-state index in [1.165, 1.54) is 17.8 Å². The molecule has 2 N–H and O–H groups in total. The van der Waals surface area contributed by atoms with Crippen molar-refractivity contribution in [2.75, 3.05) is 47.9 Å². The second-order valence-electron chi connectivity index (χ2n) is 8.39. The third kappa shape index (κ3) is 6.61. The maximum Gasteiger partial charge on any atom is 0.321 e. The van der Waals surface area contributed by atoms with Crippen LogP contribution in [-0.2, 0) is 0 Å². The average molecular weight is 446 g/mol. The van der Waals surface area contributed by atoms with Gasteiger partial charge in [0.2, 0.25) is 0 Å². The molecule has 1 aliphatic rings. The van der Waals surface area contributed by atoms with Crippen molar-refractivity contribution in [3.8, 4) is 0 Å². The Bertz CT molecular complexity index is 870. The first kappa shape index (κ1) is 23.4. The summed E-state index contributed by atoms with van der Waals surface area (Å²) in [5, 5.41) is 13.6. The molecular formula is C24H32FN3O2S. The fourth-order valence-corrected chi connectivity index (χ4v) is 4.58. The standard InChI is InChI=1S/C24H32FN3O2S/c1-17(2)15-28(16-23(29)19-4-6-20(25)7-5-19)24(30)26-22-9-8-21(14-18(22)3)27-10-12-31-13-11-27/h4-9,14,17,23,29H,10-13,15-16H2,1-3H3,(H,26,30)/t23-/m0/s1.